The van der Waals surface area contributed by atoms with Gasteiger partial charge in [-0.25, -0.2) is 0 Å². The molecule has 0 unspecified atom stereocenters. The van der Waals surface area contributed by atoms with Crippen LogP contribution in [0.15, 0.2) is 90.5 Å². The highest BCUT2D eigenvalue weighted by molar-refractivity contribution is 6.32. The van der Waals surface area contributed by atoms with Crippen LogP contribution in [0.2, 0.25) is 5.02 Å². The number of benzene rings is 4. The van der Waals surface area contributed by atoms with Gasteiger partial charge in [0.1, 0.15) is 36.4 Å². The molecule has 6 nitrogen and oxygen atoms in total. The van der Waals surface area contributed by atoms with E-state index in [1.54, 1.807) is 36.4 Å². The fraction of sp³-hybridized carbons (Fsp3) is 0.0938. The van der Waals surface area contributed by atoms with Crippen molar-refractivity contribution in [3.05, 3.63) is 123 Å². The fourth-order valence-corrected chi connectivity index (χ4v) is 4.26. The monoisotopic (exact) mass is 533 g/mol. The second-order valence-electron chi connectivity index (χ2n) is 8.70. The van der Waals surface area contributed by atoms with E-state index in [4.69, 9.17) is 26.8 Å². The lowest BCUT2D eigenvalue weighted by Crippen LogP contribution is -2.12. The molecule has 0 saturated heterocycles. The summed E-state index contributed by atoms with van der Waals surface area (Å²) in [6.07, 6.45) is 1.33. The predicted molar refractivity (Wildman–Crippen MR) is 151 cm³/mol. The summed E-state index contributed by atoms with van der Waals surface area (Å²) in [6.45, 7) is 2.44. The molecule has 4 aromatic carbocycles. The van der Waals surface area contributed by atoms with Crippen molar-refractivity contribution in [3.8, 4) is 34.8 Å². The predicted octanol–water partition coefficient (Wildman–Crippen LogP) is 6.74. The molecule has 0 aromatic heterocycles. The Bertz CT molecular complexity index is 1630. The van der Waals surface area contributed by atoms with Crippen LogP contribution >= 0.6 is 11.6 Å². The summed E-state index contributed by atoms with van der Waals surface area (Å²) >= 11 is 6.55. The molecule has 0 bridgehead atoms. The quantitative estimate of drug-likeness (QED) is 0.189. The zero-order valence-electron chi connectivity index (χ0n) is 21.1. The summed E-state index contributed by atoms with van der Waals surface area (Å²) in [6, 6.07) is 30.3. The summed E-state index contributed by atoms with van der Waals surface area (Å²) in [7, 11) is 0. The van der Waals surface area contributed by atoms with Gasteiger partial charge in [-0.05, 0) is 59.0 Å². The van der Waals surface area contributed by atoms with Crippen molar-refractivity contribution >= 4 is 23.6 Å². The fourth-order valence-electron chi connectivity index (χ4n) is 4.03. The molecule has 1 amide bonds. The van der Waals surface area contributed by atoms with E-state index in [0.717, 1.165) is 27.8 Å². The van der Waals surface area contributed by atoms with E-state index < -0.39 is 5.91 Å². The lowest BCUT2D eigenvalue weighted by Gasteiger charge is -2.16. The third-order valence-electron chi connectivity index (χ3n) is 6.11. The van der Waals surface area contributed by atoms with Crippen LogP contribution in [0.25, 0.3) is 17.2 Å². The summed E-state index contributed by atoms with van der Waals surface area (Å²) in [5.41, 5.74) is 11.1. The Labute approximate surface area is 232 Å². The molecule has 0 atom stereocenters. The number of rotatable bonds is 9. The lowest BCUT2D eigenvalue weighted by molar-refractivity contribution is -0.114. The molecule has 4 rings (SSSR count). The van der Waals surface area contributed by atoms with Crippen molar-refractivity contribution in [1.29, 1.82) is 10.5 Å². The molecule has 0 aliphatic carbocycles. The van der Waals surface area contributed by atoms with E-state index in [-0.39, 0.29) is 23.8 Å². The smallest absolute Gasteiger partial charge is 0.259 e. The van der Waals surface area contributed by atoms with Crippen LogP contribution in [-0.4, -0.2) is 5.91 Å². The van der Waals surface area contributed by atoms with Gasteiger partial charge >= 0.3 is 0 Å². The van der Waals surface area contributed by atoms with E-state index in [1.807, 2.05) is 43.3 Å². The molecular formula is C32H24ClN3O3. The summed E-state index contributed by atoms with van der Waals surface area (Å²) in [5, 5.41) is 18.8. The second-order valence-corrected chi connectivity index (χ2v) is 9.11. The van der Waals surface area contributed by atoms with E-state index in [0.29, 0.717) is 22.6 Å². The van der Waals surface area contributed by atoms with Crippen LogP contribution in [-0.2, 0) is 18.0 Å². The number of amides is 1. The molecule has 4 aromatic rings. The minimum atomic E-state index is -0.865. The Morgan fingerprint density at radius 3 is 2.38 bits per heavy atom. The Kier molecular flexibility index (Phi) is 8.64. The highest BCUT2D eigenvalue weighted by atomic mass is 35.5. The van der Waals surface area contributed by atoms with Crippen molar-refractivity contribution in [2.24, 2.45) is 5.73 Å². The molecule has 7 heteroatoms. The van der Waals surface area contributed by atoms with Gasteiger partial charge in [0.05, 0.1) is 16.7 Å². The molecular weight excluding hydrogens is 510 g/mol. The molecule has 192 valence electrons. The van der Waals surface area contributed by atoms with Crippen molar-refractivity contribution in [2.75, 3.05) is 0 Å². The van der Waals surface area contributed by atoms with Gasteiger partial charge < -0.3 is 15.2 Å². The topological polar surface area (TPSA) is 109 Å². The lowest BCUT2D eigenvalue weighted by atomic mass is 9.97. The number of ether oxygens (including phenoxy) is 2. The van der Waals surface area contributed by atoms with E-state index in [1.165, 1.54) is 6.08 Å². The van der Waals surface area contributed by atoms with Gasteiger partial charge in [0.25, 0.3) is 5.91 Å². The average molecular weight is 534 g/mol. The maximum atomic E-state index is 11.7. The zero-order chi connectivity index (χ0) is 27.8. The normalized spacial score (nSPS) is 10.8. The van der Waals surface area contributed by atoms with Crippen molar-refractivity contribution in [1.82, 2.24) is 0 Å². The molecule has 2 N–H and O–H groups in total. The number of carbonyl (C=O) groups is 1. The number of hydrogen-bond donors (Lipinski definition) is 1. The molecule has 0 aliphatic rings. The van der Waals surface area contributed by atoms with Crippen LogP contribution in [0.4, 0.5) is 0 Å². The SMILES string of the molecule is Cc1c(COc2cc(OCc3cccc(C#N)c3)c(/C=C(\C#N)C(N)=O)cc2Cl)cccc1-c1ccccc1. The Morgan fingerprint density at radius 1 is 0.923 bits per heavy atom. The Morgan fingerprint density at radius 2 is 1.67 bits per heavy atom. The highest BCUT2D eigenvalue weighted by Gasteiger charge is 2.14. The number of primary amides is 1. The number of hydrogen-bond acceptors (Lipinski definition) is 5. The van der Waals surface area contributed by atoms with Crippen LogP contribution in [0.1, 0.15) is 27.8 Å². The highest BCUT2D eigenvalue weighted by Crippen LogP contribution is 2.36. The number of nitrogens with zero attached hydrogens (tertiary/aromatic N) is 2. The van der Waals surface area contributed by atoms with Gasteiger partial charge in [0, 0.05) is 11.6 Å². The molecule has 0 aliphatic heterocycles. The van der Waals surface area contributed by atoms with Crippen molar-refractivity contribution in [2.45, 2.75) is 20.1 Å². The first-order valence-electron chi connectivity index (χ1n) is 12.0. The third kappa shape index (κ3) is 6.64. The number of nitriles is 2. The molecule has 0 heterocycles. The number of carbonyl (C=O) groups excluding carboxylic acids is 1. The summed E-state index contributed by atoms with van der Waals surface area (Å²) in [5.74, 6) is -0.160. The van der Waals surface area contributed by atoms with Gasteiger partial charge in [0.15, 0.2) is 0 Å². The first kappa shape index (κ1) is 27.0. The molecule has 0 radical (unpaired) electrons. The number of nitrogens with two attached hydrogens (primary N) is 1. The number of halogens is 1. The van der Waals surface area contributed by atoms with Gasteiger partial charge in [-0.15, -0.1) is 0 Å². The van der Waals surface area contributed by atoms with Crippen LogP contribution in [0.5, 0.6) is 11.5 Å². The minimum absolute atomic E-state index is 0.133. The average Bonchev–Trinajstić information content (AvgIpc) is 2.95. The van der Waals surface area contributed by atoms with Crippen LogP contribution < -0.4 is 15.2 Å². The first-order valence-corrected chi connectivity index (χ1v) is 12.4. The molecule has 39 heavy (non-hydrogen) atoms. The van der Waals surface area contributed by atoms with Crippen molar-refractivity contribution in [3.63, 3.8) is 0 Å². The third-order valence-corrected chi connectivity index (χ3v) is 6.41. The standard InChI is InChI=1S/C32H24ClN3O3/c1-21-25(11-6-12-28(21)24-9-3-2-4-10-24)20-39-31-16-30(38-19-23-8-5-7-22(13-23)17-34)26(15-29(31)33)14-27(18-35)32(36)37/h2-16H,19-20H2,1H3,(H2,36,37)/b27-14+. The first-order chi connectivity index (χ1) is 18.9. The Hall–Kier alpha value is -5.04. The molecule has 0 fully saturated rings. The minimum Gasteiger partial charge on any atom is -0.488 e. The zero-order valence-corrected chi connectivity index (χ0v) is 21.9. The van der Waals surface area contributed by atoms with Gasteiger partial charge in [-0.1, -0.05) is 72.3 Å². The van der Waals surface area contributed by atoms with Crippen LogP contribution in [0, 0.1) is 29.6 Å². The molecule has 0 saturated carbocycles. The van der Waals surface area contributed by atoms with Crippen LogP contribution in [0.3, 0.4) is 0 Å². The van der Waals surface area contributed by atoms with Gasteiger partial charge in [-0.2, -0.15) is 10.5 Å². The van der Waals surface area contributed by atoms with E-state index >= 15 is 0 Å². The van der Waals surface area contributed by atoms with E-state index in [9.17, 15) is 15.3 Å². The summed E-state index contributed by atoms with van der Waals surface area (Å²) in [4.78, 5) is 11.7. The van der Waals surface area contributed by atoms with Crippen molar-refractivity contribution < 1.29 is 14.3 Å². The molecule has 0 spiro atoms. The Balaban J connectivity index is 1.64. The maximum Gasteiger partial charge on any atom is 0.259 e. The van der Waals surface area contributed by atoms with E-state index in [2.05, 4.69) is 24.3 Å². The van der Waals surface area contributed by atoms with Gasteiger partial charge in [-0.3, -0.25) is 4.79 Å². The second kappa shape index (κ2) is 12.5. The maximum absolute atomic E-state index is 11.7. The largest absolute Gasteiger partial charge is 0.488 e. The van der Waals surface area contributed by atoms with Gasteiger partial charge in [0.2, 0.25) is 0 Å². The summed E-state index contributed by atoms with van der Waals surface area (Å²) < 4.78 is 12.2.